The van der Waals surface area contributed by atoms with Gasteiger partial charge in [-0.3, -0.25) is 4.79 Å². The SMILES string of the molecule is CC(COc1ccccc1C=O)NC(=O)OC(C)(C)C. The smallest absolute Gasteiger partial charge is 0.407 e. The van der Waals surface area contributed by atoms with E-state index in [1.165, 1.54) is 0 Å². The molecule has 110 valence electrons. The van der Waals surface area contributed by atoms with E-state index in [0.29, 0.717) is 11.3 Å². The molecule has 1 atom stereocenters. The lowest BCUT2D eigenvalue weighted by Crippen LogP contribution is -2.40. The molecular formula is C15H21NO4. The first-order valence-corrected chi connectivity index (χ1v) is 6.48. The summed E-state index contributed by atoms with van der Waals surface area (Å²) in [6, 6.07) is 6.70. The third-order valence-electron chi connectivity index (χ3n) is 2.30. The Hall–Kier alpha value is -2.04. The lowest BCUT2D eigenvalue weighted by molar-refractivity contribution is 0.0493. The molecule has 0 bridgehead atoms. The van der Waals surface area contributed by atoms with E-state index in [1.54, 1.807) is 52.0 Å². The average molecular weight is 279 g/mol. The molecule has 1 rings (SSSR count). The summed E-state index contributed by atoms with van der Waals surface area (Å²) in [5.74, 6) is 0.500. The van der Waals surface area contributed by atoms with Gasteiger partial charge in [0.1, 0.15) is 18.0 Å². The lowest BCUT2D eigenvalue weighted by Gasteiger charge is -2.22. The number of carbonyl (C=O) groups excluding carboxylic acids is 2. The Morgan fingerprint density at radius 3 is 2.60 bits per heavy atom. The van der Waals surface area contributed by atoms with E-state index in [9.17, 15) is 9.59 Å². The molecule has 0 aliphatic heterocycles. The van der Waals surface area contributed by atoms with Gasteiger partial charge >= 0.3 is 6.09 Å². The number of rotatable bonds is 5. The first kappa shape index (κ1) is 16.0. The molecule has 0 saturated carbocycles. The van der Waals surface area contributed by atoms with Gasteiger partial charge in [-0.15, -0.1) is 0 Å². The average Bonchev–Trinajstić information content (AvgIpc) is 2.34. The highest BCUT2D eigenvalue weighted by atomic mass is 16.6. The van der Waals surface area contributed by atoms with E-state index in [4.69, 9.17) is 9.47 Å². The molecule has 0 aliphatic carbocycles. The fourth-order valence-electron chi connectivity index (χ4n) is 1.47. The molecule has 1 N–H and O–H groups in total. The molecule has 0 heterocycles. The summed E-state index contributed by atoms with van der Waals surface area (Å²) in [7, 11) is 0. The fourth-order valence-corrected chi connectivity index (χ4v) is 1.47. The van der Waals surface area contributed by atoms with Crippen LogP contribution in [0.25, 0.3) is 0 Å². The van der Waals surface area contributed by atoms with E-state index < -0.39 is 11.7 Å². The van der Waals surface area contributed by atoms with E-state index in [0.717, 1.165) is 6.29 Å². The largest absolute Gasteiger partial charge is 0.491 e. The Bertz CT molecular complexity index is 465. The van der Waals surface area contributed by atoms with E-state index in [1.807, 2.05) is 0 Å². The highest BCUT2D eigenvalue weighted by molar-refractivity contribution is 5.79. The number of amides is 1. The Morgan fingerprint density at radius 1 is 1.35 bits per heavy atom. The van der Waals surface area contributed by atoms with E-state index in [2.05, 4.69) is 5.32 Å². The van der Waals surface area contributed by atoms with Crippen molar-refractivity contribution in [3.05, 3.63) is 29.8 Å². The van der Waals surface area contributed by atoms with Gasteiger partial charge in [-0.25, -0.2) is 4.79 Å². The molecule has 20 heavy (non-hydrogen) atoms. The van der Waals surface area contributed by atoms with Crippen LogP contribution in [0.2, 0.25) is 0 Å². The monoisotopic (exact) mass is 279 g/mol. The number of ether oxygens (including phenoxy) is 2. The number of benzene rings is 1. The van der Waals surface area contributed by atoms with Crippen molar-refractivity contribution >= 4 is 12.4 Å². The van der Waals surface area contributed by atoms with Crippen molar-refractivity contribution < 1.29 is 19.1 Å². The molecule has 0 spiro atoms. The minimum atomic E-state index is -0.533. The van der Waals surface area contributed by atoms with Crippen LogP contribution in [-0.4, -0.2) is 30.6 Å². The Morgan fingerprint density at radius 2 is 2.00 bits per heavy atom. The normalized spacial score (nSPS) is 12.4. The summed E-state index contributed by atoms with van der Waals surface area (Å²) in [4.78, 5) is 22.4. The number of para-hydroxylation sites is 1. The third kappa shape index (κ3) is 5.73. The van der Waals surface area contributed by atoms with Crippen molar-refractivity contribution in [2.24, 2.45) is 0 Å². The number of hydrogen-bond acceptors (Lipinski definition) is 4. The van der Waals surface area contributed by atoms with Crippen molar-refractivity contribution in [1.29, 1.82) is 0 Å². The molecule has 0 radical (unpaired) electrons. The zero-order valence-electron chi connectivity index (χ0n) is 12.3. The fraction of sp³-hybridized carbons (Fsp3) is 0.467. The maximum Gasteiger partial charge on any atom is 0.407 e. The van der Waals surface area contributed by atoms with Crippen molar-refractivity contribution in [1.82, 2.24) is 5.32 Å². The first-order chi connectivity index (χ1) is 9.31. The summed E-state index contributed by atoms with van der Waals surface area (Å²) >= 11 is 0. The van der Waals surface area contributed by atoms with Crippen LogP contribution in [0.5, 0.6) is 5.75 Å². The second-order valence-electron chi connectivity index (χ2n) is 5.51. The number of carbonyl (C=O) groups is 2. The van der Waals surface area contributed by atoms with Crippen LogP contribution in [0.1, 0.15) is 38.1 Å². The topological polar surface area (TPSA) is 64.6 Å². The van der Waals surface area contributed by atoms with Crippen molar-refractivity contribution in [3.8, 4) is 5.75 Å². The minimum Gasteiger partial charge on any atom is -0.491 e. The van der Waals surface area contributed by atoms with Crippen molar-refractivity contribution in [2.75, 3.05) is 6.61 Å². The maximum absolute atomic E-state index is 11.6. The highest BCUT2D eigenvalue weighted by Gasteiger charge is 2.17. The predicted octanol–water partition coefficient (Wildman–Crippen LogP) is 2.79. The zero-order chi connectivity index (χ0) is 15.2. The molecule has 0 fully saturated rings. The summed E-state index contributed by atoms with van der Waals surface area (Å²) < 4.78 is 10.7. The molecule has 1 unspecified atom stereocenters. The van der Waals surface area contributed by atoms with Gasteiger partial charge in [-0.05, 0) is 39.8 Å². The molecule has 0 saturated heterocycles. The van der Waals surface area contributed by atoms with Crippen LogP contribution in [0.15, 0.2) is 24.3 Å². The number of nitrogens with one attached hydrogen (secondary N) is 1. The third-order valence-corrected chi connectivity index (χ3v) is 2.30. The lowest BCUT2D eigenvalue weighted by atomic mass is 10.2. The summed E-state index contributed by atoms with van der Waals surface area (Å²) in [5.41, 5.74) is -0.0497. The van der Waals surface area contributed by atoms with Crippen LogP contribution in [0, 0.1) is 0 Å². The van der Waals surface area contributed by atoms with Gasteiger partial charge in [0.05, 0.1) is 11.6 Å². The predicted molar refractivity (Wildman–Crippen MR) is 76.2 cm³/mol. The van der Waals surface area contributed by atoms with Crippen molar-refractivity contribution in [2.45, 2.75) is 39.3 Å². The molecular weight excluding hydrogens is 258 g/mol. The Balaban J connectivity index is 2.45. The van der Waals surface area contributed by atoms with Crippen LogP contribution in [0.3, 0.4) is 0 Å². The number of aldehydes is 1. The van der Waals surface area contributed by atoms with Gasteiger partial charge in [-0.2, -0.15) is 0 Å². The number of alkyl carbamates (subject to hydrolysis) is 1. The summed E-state index contributed by atoms with van der Waals surface area (Å²) in [6.07, 6.45) is 0.249. The van der Waals surface area contributed by atoms with Gasteiger partial charge in [-0.1, -0.05) is 12.1 Å². The van der Waals surface area contributed by atoms with Gasteiger partial charge in [0.25, 0.3) is 0 Å². The second kappa shape index (κ2) is 6.93. The van der Waals surface area contributed by atoms with Crippen LogP contribution < -0.4 is 10.1 Å². The minimum absolute atomic E-state index is 0.232. The summed E-state index contributed by atoms with van der Waals surface area (Å²) in [5, 5.41) is 2.67. The quantitative estimate of drug-likeness (QED) is 0.842. The number of hydrogen-bond donors (Lipinski definition) is 1. The molecule has 1 aromatic rings. The Labute approximate surface area is 119 Å². The van der Waals surface area contributed by atoms with Gasteiger partial charge in [0.15, 0.2) is 6.29 Å². The highest BCUT2D eigenvalue weighted by Crippen LogP contribution is 2.15. The van der Waals surface area contributed by atoms with E-state index in [-0.39, 0.29) is 12.6 Å². The van der Waals surface area contributed by atoms with Gasteiger partial charge in [0, 0.05) is 0 Å². The zero-order valence-corrected chi connectivity index (χ0v) is 12.3. The molecule has 1 amide bonds. The standard InChI is InChI=1S/C15H21NO4/c1-11(16-14(18)20-15(2,3)4)10-19-13-8-6-5-7-12(13)9-17/h5-9,11H,10H2,1-4H3,(H,16,18). The molecule has 0 aromatic heterocycles. The van der Waals surface area contributed by atoms with Crippen LogP contribution >= 0.6 is 0 Å². The molecule has 0 aliphatic rings. The van der Waals surface area contributed by atoms with Crippen molar-refractivity contribution in [3.63, 3.8) is 0 Å². The second-order valence-corrected chi connectivity index (χ2v) is 5.51. The molecule has 5 heteroatoms. The van der Waals surface area contributed by atoms with Crippen LogP contribution in [-0.2, 0) is 4.74 Å². The first-order valence-electron chi connectivity index (χ1n) is 6.48. The molecule has 5 nitrogen and oxygen atoms in total. The van der Waals surface area contributed by atoms with Gasteiger partial charge < -0.3 is 14.8 Å². The Kier molecular flexibility index (Phi) is 5.55. The van der Waals surface area contributed by atoms with E-state index >= 15 is 0 Å². The van der Waals surface area contributed by atoms with Crippen LogP contribution in [0.4, 0.5) is 4.79 Å². The summed E-state index contributed by atoms with van der Waals surface area (Å²) in [6.45, 7) is 7.45. The molecule has 1 aromatic carbocycles. The maximum atomic E-state index is 11.6. The van der Waals surface area contributed by atoms with Gasteiger partial charge in [0.2, 0.25) is 0 Å².